The Bertz CT molecular complexity index is 340. The summed E-state index contributed by atoms with van der Waals surface area (Å²) in [6, 6.07) is 0.371. The van der Waals surface area contributed by atoms with Crippen LogP contribution in [0.4, 0.5) is 0 Å². The van der Waals surface area contributed by atoms with Crippen LogP contribution in [0.25, 0.3) is 0 Å². The number of rotatable bonds is 4. The second kappa shape index (κ2) is 6.56. The van der Waals surface area contributed by atoms with Crippen molar-refractivity contribution < 1.29 is 9.53 Å². The molecule has 2 rings (SSSR count). The van der Waals surface area contributed by atoms with Gasteiger partial charge in [0.05, 0.1) is 13.0 Å². The quantitative estimate of drug-likeness (QED) is 0.577. The van der Waals surface area contributed by atoms with Gasteiger partial charge < -0.3 is 4.74 Å². The molecule has 0 aromatic heterocycles. The van der Waals surface area contributed by atoms with E-state index in [0.717, 1.165) is 25.9 Å². The maximum Gasteiger partial charge on any atom is 0.307 e. The molecule has 19 heavy (non-hydrogen) atoms. The highest BCUT2D eigenvalue weighted by molar-refractivity contribution is 5.70. The third-order valence-electron chi connectivity index (χ3n) is 4.84. The average Bonchev–Trinajstić information content (AvgIpc) is 2.42. The fraction of sp³-hybridized carbons (Fsp3) is 0.812. The predicted molar refractivity (Wildman–Crippen MR) is 76.9 cm³/mol. The summed E-state index contributed by atoms with van der Waals surface area (Å²) in [5.74, 6) is -0.0261. The highest BCUT2D eigenvalue weighted by Crippen LogP contribution is 2.46. The first-order valence-electron chi connectivity index (χ1n) is 7.76. The van der Waals surface area contributed by atoms with Crippen molar-refractivity contribution >= 4 is 5.97 Å². The highest BCUT2D eigenvalue weighted by Gasteiger charge is 2.44. The van der Waals surface area contributed by atoms with Crippen molar-refractivity contribution in [3.63, 3.8) is 0 Å². The highest BCUT2D eigenvalue weighted by atomic mass is 16.5. The average molecular weight is 265 g/mol. The molecule has 2 unspecified atom stereocenters. The normalized spacial score (nSPS) is 31.6. The summed E-state index contributed by atoms with van der Waals surface area (Å²) in [5, 5.41) is 0. The number of hydrogen-bond donors (Lipinski definition) is 0. The molecule has 1 heterocycles. The number of carbonyl (C=O) groups excluding carboxylic acids is 1. The number of esters is 1. The van der Waals surface area contributed by atoms with Gasteiger partial charge >= 0.3 is 5.97 Å². The van der Waals surface area contributed by atoms with E-state index in [2.05, 4.69) is 24.0 Å². The topological polar surface area (TPSA) is 29.5 Å². The van der Waals surface area contributed by atoms with Crippen molar-refractivity contribution in [1.82, 2.24) is 4.90 Å². The third-order valence-corrected chi connectivity index (χ3v) is 4.84. The summed E-state index contributed by atoms with van der Waals surface area (Å²) < 4.78 is 5.19. The van der Waals surface area contributed by atoms with E-state index < -0.39 is 0 Å². The molecule has 0 aromatic carbocycles. The van der Waals surface area contributed by atoms with Gasteiger partial charge in [0.15, 0.2) is 0 Å². The summed E-state index contributed by atoms with van der Waals surface area (Å²) in [6.07, 6.45) is 11.2. The fourth-order valence-corrected chi connectivity index (χ4v) is 3.88. The molecule has 1 fully saturated rings. The van der Waals surface area contributed by atoms with Crippen molar-refractivity contribution in [3.8, 4) is 0 Å². The van der Waals surface area contributed by atoms with Crippen LogP contribution in [-0.4, -0.2) is 36.6 Å². The van der Waals surface area contributed by atoms with E-state index in [4.69, 9.17) is 4.74 Å². The Morgan fingerprint density at radius 3 is 2.84 bits per heavy atom. The van der Waals surface area contributed by atoms with Crippen LogP contribution in [0.3, 0.4) is 0 Å². The maximum absolute atomic E-state index is 11.9. The van der Waals surface area contributed by atoms with E-state index in [1.165, 1.54) is 19.3 Å². The van der Waals surface area contributed by atoms with Gasteiger partial charge in [0, 0.05) is 6.04 Å². The standard InChI is InChI=1S/C16H27NO2/c1-3-17-12-8-11-16(9-6-5-7-10-16)14(17)13-15(18)19-4-2/h5-6,14H,3-4,7-13H2,1-2H3. The Kier molecular flexibility index (Phi) is 5.03. The van der Waals surface area contributed by atoms with Crippen LogP contribution in [-0.2, 0) is 9.53 Å². The van der Waals surface area contributed by atoms with Crippen LogP contribution >= 0.6 is 0 Å². The minimum Gasteiger partial charge on any atom is -0.466 e. The minimum atomic E-state index is -0.0261. The second-order valence-corrected chi connectivity index (χ2v) is 5.83. The van der Waals surface area contributed by atoms with E-state index in [0.29, 0.717) is 24.5 Å². The zero-order valence-electron chi connectivity index (χ0n) is 12.4. The van der Waals surface area contributed by atoms with Gasteiger partial charge in [-0.1, -0.05) is 19.1 Å². The van der Waals surface area contributed by atoms with Crippen molar-refractivity contribution in [2.24, 2.45) is 5.41 Å². The molecule has 1 saturated heterocycles. The van der Waals surface area contributed by atoms with Gasteiger partial charge in [-0.05, 0) is 57.5 Å². The molecule has 2 atom stereocenters. The number of likely N-dealkylation sites (tertiary alicyclic amines) is 1. The van der Waals surface area contributed by atoms with E-state index in [9.17, 15) is 4.79 Å². The first-order chi connectivity index (χ1) is 9.22. The molecule has 1 aliphatic carbocycles. The Hall–Kier alpha value is -0.830. The minimum absolute atomic E-state index is 0.0261. The third kappa shape index (κ3) is 3.19. The van der Waals surface area contributed by atoms with Gasteiger partial charge in [0.25, 0.3) is 0 Å². The molecule has 0 aromatic rings. The zero-order chi connectivity index (χ0) is 13.7. The molecule has 0 N–H and O–H groups in total. The molecular formula is C16H27NO2. The van der Waals surface area contributed by atoms with Crippen molar-refractivity contribution in [2.45, 2.75) is 58.4 Å². The molecule has 108 valence electrons. The van der Waals surface area contributed by atoms with Crippen LogP contribution in [0, 0.1) is 5.41 Å². The van der Waals surface area contributed by atoms with E-state index in [-0.39, 0.29) is 5.97 Å². The number of piperidine rings is 1. The summed E-state index contributed by atoms with van der Waals surface area (Å²) in [5.41, 5.74) is 0.315. The van der Waals surface area contributed by atoms with Gasteiger partial charge in [-0.3, -0.25) is 9.69 Å². The summed E-state index contributed by atoms with van der Waals surface area (Å²) >= 11 is 0. The Labute approximate surface area is 117 Å². The zero-order valence-corrected chi connectivity index (χ0v) is 12.4. The largest absolute Gasteiger partial charge is 0.466 e. The van der Waals surface area contributed by atoms with Crippen LogP contribution < -0.4 is 0 Å². The van der Waals surface area contributed by atoms with Gasteiger partial charge in [0.2, 0.25) is 0 Å². The van der Waals surface area contributed by atoms with Crippen LogP contribution in [0.5, 0.6) is 0 Å². The van der Waals surface area contributed by atoms with Gasteiger partial charge in [-0.15, -0.1) is 0 Å². The molecule has 0 bridgehead atoms. The van der Waals surface area contributed by atoms with Crippen LogP contribution in [0.2, 0.25) is 0 Å². The molecule has 1 spiro atoms. The molecular weight excluding hydrogens is 238 g/mol. The summed E-state index contributed by atoms with van der Waals surface area (Å²) in [7, 11) is 0. The molecule has 0 saturated carbocycles. The predicted octanol–water partition coefficient (Wildman–Crippen LogP) is 3.15. The lowest BCUT2D eigenvalue weighted by molar-refractivity contribution is -0.147. The molecule has 0 radical (unpaired) electrons. The number of carbonyl (C=O) groups is 1. The van der Waals surface area contributed by atoms with Crippen LogP contribution in [0.1, 0.15) is 52.4 Å². The van der Waals surface area contributed by atoms with E-state index in [1.54, 1.807) is 0 Å². The van der Waals surface area contributed by atoms with Gasteiger partial charge in [-0.2, -0.15) is 0 Å². The summed E-state index contributed by atoms with van der Waals surface area (Å²) in [4.78, 5) is 14.4. The number of nitrogens with zero attached hydrogens (tertiary/aromatic N) is 1. The molecule has 3 nitrogen and oxygen atoms in total. The van der Waals surface area contributed by atoms with Gasteiger partial charge in [0.1, 0.15) is 0 Å². The Morgan fingerprint density at radius 1 is 1.37 bits per heavy atom. The number of hydrogen-bond acceptors (Lipinski definition) is 3. The van der Waals surface area contributed by atoms with Crippen molar-refractivity contribution in [2.75, 3.05) is 19.7 Å². The first kappa shape index (κ1) is 14.6. The maximum atomic E-state index is 11.9. The molecule has 1 aliphatic heterocycles. The Balaban J connectivity index is 2.14. The smallest absolute Gasteiger partial charge is 0.307 e. The monoisotopic (exact) mass is 265 g/mol. The van der Waals surface area contributed by atoms with E-state index >= 15 is 0 Å². The number of allylic oxidation sites excluding steroid dienone is 2. The van der Waals surface area contributed by atoms with Crippen molar-refractivity contribution in [1.29, 1.82) is 0 Å². The lowest BCUT2D eigenvalue weighted by Gasteiger charge is -2.50. The lowest BCUT2D eigenvalue weighted by Crippen LogP contribution is -2.53. The molecule has 0 amide bonds. The SMILES string of the molecule is CCOC(=O)CC1N(CC)CCCC12CC=CCC2. The van der Waals surface area contributed by atoms with Crippen molar-refractivity contribution in [3.05, 3.63) is 12.2 Å². The van der Waals surface area contributed by atoms with Crippen LogP contribution in [0.15, 0.2) is 12.2 Å². The molecule has 3 heteroatoms. The first-order valence-corrected chi connectivity index (χ1v) is 7.76. The number of ether oxygens (including phenoxy) is 1. The summed E-state index contributed by atoms with van der Waals surface area (Å²) in [6.45, 7) is 6.75. The van der Waals surface area contributed by atoms with E-state index in [1.807, 2.05) is 6.92 Å². The molecule has 2 aliphatic rings. The lowest BCUT2D eigenvalue weighted by atomic mass is 9.65. The fourth-order valence-electron chi connectivity index (χ4n) is 3.88. The van der Waals surface area contributed by atoms with Gasteiger partial charge in [-0.25, -0.2) is 0 Å². The second-order valence-electron chi connectivity index (χ2n) is 5.83. The Morgan fingerprint density at radius 2 is 2.21 bits per heavy atom.